The van der Waals surface area contributed by atoms with Crippen molar-refractivity contribution in [3.05, 3.63) is 0 Å². The molecule has 0 aromatic carbocycles. The van der Waals surface area contributed by atoms with Crippen molar-refractivity contribution in [3.8, 4) is 0 Å². The number of methoxy groups -OCH3 is 1. The second-order valence-electron chi connectivity index (χ2n) is 5.99. The Balaban J connectivity index is 2.01. The highest BCUT2D eigenvalue weighted by atomic mass is 16.5. The summed E-state index contributed by atoms with van der Waals surface area (Å²) in [6.45, 7) is 3.15. The number of ether oxygens (including phenoxy) is 2. The minimum atomic E-state index is 0.212. The molecule has 18 heavy (non-hydrogen) atoms. The van der Waals surface area contributed by atoms with Gasteiger partial charge in [0.25, 0.3) is 0 Å². The molecule has 0 radical (unpaired) electrons. The number of hydrogen-bond acceptors (Lipinski definition) is 3. The van der Waals surface area contributed by atoms with Crippen LogP contribution in [0.15, 0.2) is 0 Å². The Morgan fingerprint density at radius 2 is 2.11 bits per heavy atom. The van der Waals surface area contributed by atoms with E-state index < -0.39 is 0 Å². The van der Waals surface area contributed by atoms with Gasteiger partial charge in [0, 0.05) is 19.8 Å². The summed E-state index contributed by atoms with van der Waals surface area (Å²) in [7, 11) is 3.91. The lowest BCUT2D eigenvalue weighted by atomic mass is 9.78. The van der Waals surface area contributed by atoms with Gasteiger partial charge in [-0.2, -0.15) is 0 Å². The smallest absolute Gasteiger partial charge is 0.0724 e. The maximum atomic E-state index is 6.13. The van der Waals surface area contributed by atoms with Crippen LogP contribution < -0.4 is 5.32 Å². The highest BCUT2D eigenvalue weighted by molar-refractivity contribution is 4.95. The largest absolute Gasteiger partial charge is 0.380 e. The van der Waals surface area contributed by atoms with E-state index in [-0.39, 0.29) is 5.60 Å². The van der Waals surface area contributed by atoms with Gasteiger partial charge in [0.1, 0.15) is 0 Å². The number of likely N-dealkylation sites (N-methyl/N-ethyl adjacent to an activating group) is 1. The molecule has 1 aliphatic carbocycles. The van der Waals surface area contributed by atoms with Crippen molar-refractivity contribution in [2.24, 2.45) is 5.92 Å². The van der Waals surface area contributed by atoms with Crippen molar-refractivity contribution < 1.29 is 9.47 Å². The molecule has 3 unspecified atom stereocenters. The van der Waals surface area contributed by atoms with E-state index in [4.69, 9.17) is 9.47 Å². The molecule has 1 saturated heterocycles. The Morgan fingerprint density at radius 1 is 1.39 bits per heavy atom. The number of nitrogens with one attached hydrogen (secondary N) is 1. The summed E-state index contributed by atoms with van der Waals surface area (Å²) in [6, 6.07) is 0.473. The third kappa shape index (κ3) is 2.89. The Labute approximate surface area is 112 Å². The van der Waals surface area contributed by atoms with Gasteiger partial charge in [0.05, 0.1) is 11.7 Å². The first-order valence-corrected chi connectivity index (χ1v) is 7.58. The summed E-state index contributed by atoms with van der Waals surface area (Å²) < 4.78 is 11.8. The van der Waals surface area contributed by atoms with Crippen molar-refractivity contribution in [1.29, 1.82) is 0 Å². The lowest BCUT2D eigenvalue weighted by Gasteiger charge is -2.43. The first-order chi connectivity index (χ1) is 8.74. The highest BCUT2D eigenvalue weighted by Crippen LogP contribution is 2.43. The van der Waals surface area contributed by atoms with E-state index in [2.05, 4.69) is 19.3 Å². The van der Waals surface area contributed by atoms with Crippen molar-refractivity contribution in [2.75, 3.05) is 20.8 Å². The number of hydrogen-bond donors (Lipinski definition) is 1. The van der Waals surface area contributed by atoms with Crippen LogP contribution in [0.3, 0.4) is 0 Å². The van der Waals surface area contributed by atoms with Gasteiger partial charge in [-0.1, -0.05) is 19.8 Å². The third-order valence-corrected chi connectivity index (χ3v) is 4.99. The van der Waals surface area contributed by atoms with Crippen molar-refractivity contribution in [1.82, 2.24) is 5.32 Å². The van der Waals surface area contributed by atoms with E-state index in [0.717, 1.165) is 13.0 Å². The Hall–Kier alpha value is -0.120. The zero-order chi connectivity index (χ0) is 13.0. The molecule has 2 fully saturated rings. The summed E-state index contributed by atoms with van der Waals surface area (Å²) in [4.78, 5) is 0. The molecule has 0 amide bonds. The maximum Gasteiger partial charge on any atom is 0.0724 e. The molecule has 2 rings (SSSR count). The number of rotatable bonds is 5. The molecule has 106 valence electrons. The molecule has 2 aliphatic rings. The Kier molecular flexibility index (Phi) is 5.05. The van der Waals surface area contributed by atoms with E-state index in [0.29, 0.717) is 18.1 Å². The van der Waals surface area contributed by atoms with Gasteiger partial charge in [-0.05, 0) is 45.1 Å². The zero-order valence-electron chi connectivity index (χ0n) is 12.2. The summed E-state index contributed by atoms with van der Waals surface area (Å²) in [5, 5.41) is 3.50. The van der Waals surface area contributed by atoms with Crippen LogP contribution in [0.4, 0.5) is 0 Å². The molecule has 3 nitrogen and oxygen atoms in total. The van der Waals surface area contributed by atoms with Gasteiger partial charge >= 0.3 is 0 Å². The lowest BCUT2D eigenvalue weighted by molar-refractivity contribution is -0.106. The minimum Gasteiger partial charge on any atom is -0.380 e. The maximum absolute atomic E-state index is 6.13. The fourth-order valence-electron chi connectivity index (χ4n) is 4.03. The molecular weight excluding hydrogens is 226 g/mol. The average Bonchev–Trinajstić information content (AvgIpc) is 2.83. The zero-order valence-corrected chi connectivity index (χ0v) is 12.2. The molecule has 1 saturated carbocycles. The standard InChI is InChI=1S/C15H29NO2/c1-4-13(17-3)14(16-2)12-7-10-18-15(11-12)8-5-6-9-15/h12-14,16H,4-11H2,1-3H3. The van der Waals surface area contributed by atoms with Crippen LogP contribution in [0.2, 0.25) is 0 Å². The summed E-state index contributed by atoms with van der Waals surface area (Å²) in [6.07, 6.45) is 9.03. The molecule has 1 spiro atoms. The molecular formula is C15H29NO2. The van der Waals surface area contributed by atoms with Crippen LogP contribution in [0.1, 0.15) is 51.9 Å². The van der Waals surface area contributed by atoms with Crippen LogP contribution in [0.25, 0.3) is 0 Å². The van der Waals surface area contributed by atoms with E-state index in [1.54, 1.807) is 0 Å². The van der Waals surface area contributed by atoms with Gasteiger partial charge in [-0.15, -0.1) is 0 Å². The highest BCUT2D eigenvalue weighted by Gasteiger charge is 2.42. The normalized spacial score (nSPS) is 30.5. The fourth-order valence-corrected chi connectivity index (χ4v) is 4.03. The first-order valence-electron chi connectivity index (χ1n) is 7.58. The average molecular weight is 255 g/mol. The predicted molar refractivity (Wildman–Crippen MR) is 73.8 cm³/mol. The van der Waals surface area contributed by atoms with Gasteiger partial charge in [-0.3, -0.25) is 0 Å². The van der Waals surface area contributed by atoms with Crippen LogP contribution in [-0.2, 0) is 9.47 Å². The second-order valence-corrected chi connectivity index (χ2v) is 5.99. The first kappa shape index (κ1) is 14.3. The van der Waals surface area contributed by atoms with E-state index in [1.807, 2.05) is 7.11 Å². The second kappa shape index (κ2) is 6.36. The van der Waals surface area contributed by atoms with Crippen LogP contribution in [-0.4, -0.2) is 38.5 Å². The van der Waals surface area contributed by atoms with Crippen molar-refractivity contribution >= 4 is 0 Å². The van der Waals surface area contributed by atoms with E-state index in [9.17, 15) is 0 Å². The fraction of sp³-hybridized carbons (Fsp3) is 1.00. The molecule has 1 aliphatic heterocycles. The summed E-state index contributed by atoms with van der Waals surface area (Å²) in [5.74, 6) is 0.701. The van der Waals surface area contributed by atoms with Crippen LogP contribution >= 0.6 is 0 Å². The molecule has 1 heterocycles. The van der Waals surface area contributed by atoms with Gasteiger partial charge in [0.2, 0.25) is 0 Å². The molecule has 0 aromatic rings. The van der Waals surface area contributed by atoms with Gasteiger partial charge in [0.15, 0.2) is 0 Å². The van der Waals surface area contributed by atoms with E-state index >= 15 is 0 Å². The van der Waals surface area contributed by atoms with Crippen molar-refractivity contribution in [2.45, 2.75) is 69.6 Å². The predicted octanol–water partition coefficient (Wildman–Crippen LogP) is 2.74. The summed E-state index contributed by atoms with van der Waals surface area (Å²) in [5.41, 5.74) is 0.212. The van der Waals surface area contributed by atoms with Gasteiger partial charge in [-0.25, -0.2) is 0 Å². The third-order valence-electron chi connectivity index (χ3n) is 4.99. The SMILES string of the molecule is CCC(OC)C(NC)C1CCOC2(CCCC2)C1. The molecule has 1 N–H and O–H groups in total. The van der Waals surface area contributed by atoms with Crippen LogP contribution in [0.5, 0.6) is 0 Å². The summed E-state index contributed by atoms with van der Waals surface area (Å²) >= 11 is 0. The minimum absolute atomic E-state index is 0.212. The van der Waals surface area contributed by atoms with Gasteiger partial charge < -0.3 is 14.8 Å². The topological polar surface area (TPSA) is 30.5 Å². The Morgan fingerprint density at radius 3 is 2.67 bits per heavy atom. The van der Waals surface area contributed by atoms with E-state index in [1.165, 1.54) is 38.5 Å². The molecule has 0 aromatic heterocycles. The molecule has 3 heteroatoms. The van der Waals surface area contributed by atoms with Crippen molar-refractivity contribution in [3.63, 3.8) is 0 Å². The quantitative estimate of drug-likeness (QED) is 0.819. The monoisotopic (exact) mass is 255 g/mol. The Bertz CT molecular complexity index is 247. The molecule has 0 bridgehead atoms. The van der Waals surface area contributed by atoms with Crippen LogP contribution in [0, 0.1) is 5.92 Å². The molecule has 3 atom stereocenters. The lowest BCUT2D eigenvalue weighted by Crippen LogP contribution is -2.50.